The SMILES string of the molecule is Cc1ncnc2c(OCCOc3ccc(C(=O)Nc4cc(-c5cccs5)ccc4NC(=O)OC(C)(C)C)cc3)cc(Br)cc12. The number of halogens is 1. The Labute approximate surface area is 267 Å². The molecule has 3 aromatic carbocycles. The highest BCUT2D eigenvalue weighted by molar-refractivity contribution is 9.10. The van der Waals surface area contributed by atoms with E-state index in [1.54, 1.807) is 62.4 Å². The minimum atomic E-state index is -0.665. The molecule has 226 valence electrons. The van der Waals surface area contributed by atoms with Crippen LogP contribution in [0.3, 0.4) is 0 Å². The first kappa shape index (κ1) is 31.0. The first-order valence-electron chi connectivity index (χ1n) is 13.8. The monoisotopic (exact) mass is 674 g/mol. The Balaban J connectivity index is 1.22. The molecule has 5 aromatic rings. The minimum absolute atomic E-state index is 0.290. The Kier molecular flexibility index (Phi) is 9.46. The van der Waals surface area contributed by atoms with Gasteiger partial charge in [-0.05, 0) is 93.2 Å². The lowest BCUT2D eigenvalue weighted by Crippen LogP contribution is -2.27. The van der Waals surface area contributed by atoms with Crippen molar-refractivity contribution in [3.63, 3.8) is 0 Å². The van der Waals surface area contributed by atoms with Gasteiger partial charge in [0.15, 0.2) is 0 Å². The third-order valence-corrected chi connectivity index (χ3v) is 7.68. The van der Waals surface area contributed by atoms with E-state index >= 15 is 0 Å². The van der Waals surface area contributed by atoms with Gasteiger partial charge in [-0.1, -0.05) is 28.1 Å². The van der Waals surface area contributed by atoms with E-state index in [2.05, 4.69) is 36.5 Å². The zero-order valence-electron chi connectivity index (χ0n) is 24.6. The van der Waals surface area contributed by atoms with Gasteiger partial charge in [-0.2, -0.15) is 0 Å². The molecule has 0 unspecified atom stereocenters. The van der Waals surface area contributed by atoms with Gasteiger partial charge in [0.05, 0.1) is 11.4 Å². The molecule has 2 N–H and O–H groups in total. The number of nitrogens with one attached hydrogen (secondary N) is 2. The van der Waals surface area contributed by atoms with Crippen molar-refractivity contribution in [1.82, 2.24) is 9.97 Å². The van der Waals surface area contributed by atoms with Crippen LogP contribution >= 0.6 is 27.3 Å². The highest BCUT2D eigenvalue weighted by Crippen LogP contribution is 2.33. The number of rotatable bonds is 9. The fraction of sp³-hybridized carbons (Fsp3) is 0.212. The summed E-state index contributed by atoms with van der Waals surface area (Å²) in [5.74, 6) is 0.892. The Hall–Kier alpha value is -4.48. The van der Waals surface area contributed by atoms with Crippen LogP contribution in [0.1, 0.15) is 36.8 Å². The summed E-state index contributed by atoms with van der Waals surface area (Å²) in [7, 11) is 0. The van der Waals surface area contributed by atoms with Gasteiger partial charge in [-0.15, -0.1) is 11.3 Å². The van der Waals surface area contributed by atoms with Crippen molar-refractivity contribution in [2.24, 2.45) is 0 Å². The molecule has 0 aliphatic heterocycles. The fourth-order valence-corrected chi connectivity index (χ4v) is 5.47. The second kappa shape index (κ2) is 13.4. The van der Waals surface area contributed by atoms with E-state index in [1.807, 2.05) is 48.7 Å². The van der Waals surface area contributed by atoms with E-state index in [0.29, 0.717) is 41.7 Å². The van der Waals surface area contributed by atoms with Crippen molar-refractivity contribution in [1.29, 1.82) is 0 Å². The predicted octanol–water partition coefficient (Wildman–Crippen LogP) is 8.49. The van der Waals surface area contributed by atoms with Gasteiger partial charge in [0.1, 0.15) is 42.2 Å². The lowest BCUT2D eigenvalue weighted by Gasteiger charge is -2.21. The van der Waals surface area contributed by atoms with Gasteiger partial charge in [-0.25, -0.2) is 14.8 Å². The number of benzene rings is 3. The van der Waals surface area contributed by atoms with Gasteiger partial charge in [0.2, 0.25) is 0 Å². The molecule has 0 aliphatic rings. The largest absolute Gasteiger partial charge is 0.490 e. The number of carbonyl (C=O) groups excluding carboxylic acids is 2. The third kappa shape index (κ3) is 7.91. The third-order valence-electron chi connectivity index (χ3n) is 6.30. The summed E-state index contributed by atoms with van der Waals surface area (Å²) in [6.45, 7) is 7.88. The van der Waals surface area contributed by atoms with Gasteiger partial charge in [-0.3, -0.25) is 10.1 Å². The molecule has 2 heterocycles. The number of ether oxygens (including phenoxy) is 3. The highest BCUT2D eigenvalue weighted by Gasteiger charge is 2.19. The van der Waals surface area contributed by atoms with Crippen LogP contribution in [0, 0.1) is 6.92 Å². The topological polar surface area (TPSA) is 112 Å². The van der Waals surface area contributed by atoms with Crippen molar-refractivity contribution in [2.45, 2.75) is 33.3 Å². The summed E-state index contributed by atoms with van der Waals surface area (Å²) in [5.41, 5.74) is 3.15. The van der Waals surface area contributed by atoms with Crippen molar-refractivity contribution in [3.8, 4) is 21.9 Å². The van der Waals surface area contributed by atoms with Crippen LogP contribution in [0.15, 0.2) is 82.9 Å². The molecule has 9 nitrogen and oxygen atoms in total. The number of hydrogen-bond donors (Lipinski definition) is 2. The Morgan fingerprint density at radius 1 is 0.909 bits per heavy atom. The van der Waals surface area contributed by atoms with Gasteiger partial charge in [0.25, 0.3) is 5.91 Å². The molecule has 0 saturated heterocycles. The van der Waals surface area contributed by atoms with Crippen molar-refractivity contribution in [3.05, 3.63) is 94.2 Å². The summed E-state index contributed by atoms with van der Waals surface area (Å²) in [4.78, 5) is 35.4. The molecular formula is C33H31BrN4O5S. The Bertz CT molecular complexity index is 1790. The number of hydrogen-bond acceptors (Lipinski definition) is 8. The maximum absolute atomic E-state index is 13.2. The van der Waals surface area contributed by atoms with E-state index in [9.17, 15) is 9.59 Å². The molecule has 0 aliphatic carbocycles. The van der Waals surface area contributed by atoms with Crippen LogP contribution in [-0.2, 0) is 4.74 Å². The predicted molar refractivity (Wildman–Crippen MR) is 177 cm³/mol. The molecule has 0 fully saturated rings. The first-order chi connectivity index (χ1) is 21.1. The van der Waals surface area contributed by atoms with Gasteiger partial charge < -0.3 is 19.5 Å². The average molecular weight is 676 g/mol. The normalized spacial score (nSPS) is 11.2. The maximum Gasteiger partial charge on any atom is 0.412 e. The zero-order chi connectivity index (χ0) is 31.3. The minimum Gasteiger partial charge on any atom is -0.490 e. The number of aryl methyl sites for hydroxylation is 1. The van der Waals surface area contributed by atoms with Crippen LogP contribution in [0.4, 0.5) is 16.2 Å². The Morgan fingerprint density at radius 3 is 2.41 bits per heavy atom. The molecule has 0 saturated carbocycles. The number of anilines is 2. The molecule has 0 spiro atoms. The number of nitrogens with zero attached hydrogens (tertiary/aromatic N) is 2. The number of fused-ring (bicyclic) bond motifs is 1. The van der Waals surface area contributed by atoms with E-state index < -0.39 is 11.7 Å². The summed E-state index contributed by atoms with van der Waals surface area (Å²) in [5, 5.41) is 8.57. The van der Waals surface area contributed by atoms with E-state index in [-0.39, 0.29) is 5.91 Å². The number of thiophene rings is 1. The number of carbonyl (C=O) groups is 2. The molecule has 0 atom stereocenters. The van der Waals surface area contributed by atoms with Crippen molar-refractivity contribution in [2.75, 3.05) is 23.8 Å². The first-order valence-corrected chi connectivity index (χ1v) is 15.5. The highest BCUT2D eigenvalue weighted by atomic mass is 79.9. The van der Waals surface area contributed by atoms with Crippen LogP contribution in [0.25, 0.3) is 21.3 Å². The number of aromatic nitrogens is 2. The summed E-state index contributed by atoms with van der Waals surface area (Å²) >= 11 is 5.10. The Morgan fingerprint density at radius 2 is 1.68 bits per heavy atom. The second-order valence-corrected chi connectivity index (χ2v) is 12.7. The van der Waals surface area contributed by atoms with E-state index in [4.69, 9.17) is 14.2 Å². The maximum atomic E-state index is 13.2. The van der Waals surface area contributed by atoms with Crippen LogP contribution in [0.5, 0.6) is 11.5 Å². The van der Waals surface area contributed by atoms with Crippen molar-refractivity contribution < 1.29 is 23.8 Å². The molecule has 0 radical (unpaired) electrons. The number of amides is 2. The fourth-order valence-electron chi connectivity index (χ4n) is 4.31. The molecular weight excluding hydrogens is 644 g/mol. The molecule has 5 rings (SSSR count). The van der Waals surface area contributed by atoms with Crippen molar-refractivity contribution >= 4 is 61.5 Å². The molecule has 2 aromatic heterocycles. The average Bonchev–Trinajstić information content (AvgIpc) is 3.51. The van der Waals surface area contributed by atoms with E-state index in [0.717, 1.165) is 31.5 Å². The van der Waals surface area contributed by atoms with Crippen LogP contribution in [-0.4, -0.2) is 40.8 Å². The zero-order valence-corrected chi connectivity index (χ0v) is 27.0. The lowest BCUT2D eigenvalue weighted by molar-refractivity contribution is 0.0635. The summed E-state index contributed by atoms with van der Waals surface area (Å²) < 4.78 is 18.1. The summed E-state index contributed by atoms with van der Waals surface area (Å²) in [6, 6.07) is 20.0. The lowest BCUT2D eigenvalue weighted by atomic mass is 10.1. The van der Waals surface area contributed by atoms with Crippen LogP contribution in [0.2, 0.25) is 0 Å². The van der Waals surface area contributed by atoms with Crippen LogP contribution < -0.4 is 20.1 Å². The standard InChI is InChI=1S/C33H31BrN4O5S/c1-20-25-17-23(34)18-28(30(25)36-19-35-20)42-14-13-41-24-10-7-21(8-11-24)31(39)37-27-16-22(29-6-5-15-44-29)9-12-26(27)38-32(40)43-33(2,3)4/h5-12,15-19H,13-14H2,1-4H3,(H,37,39)(H,38,40). The molecule has 0 bridgehead atoms. The van der Waals surface area contributed by atoms with Gasteiger partial charge in [0, 0.05) is 26.0 Å². The quantitative estimate of drug-likeness (QED) is 0.151. The molecule has 44 heavy (non-hydrogen) atoms. The smallest absolute Gasteiger partial charge is 0.412 e. The van der Waals surface area contributed by atoms with E-state index in [1.165, 1.54) is 6.33 Å². The molecule has 2 amide bonds. The second-order valence-electron chi connectivity index (χ2n) is 10.8. The van der Waals surface area contributed by atoms with Gasteiger partial charge >= 0.3 is 6.09 Å². The summed E-state index contributed by atoms with van der Waals surface area (Å²) in [6.07, 6.45) is 0.907. The molecule has 11 heteroatoms.